The molecule has 4 rings (SSSR count). The third-order valence-electron chi connectivity index (χ3n) is 4.81. The molecule has 0 aliphatic carbocycles. The van der Waals surface area contributed by atoms with Gasteiger partial charge in [-0.15, -0.1) is 0 Å². The van der Waals surface area contributed by atoms with E-state index in [2.05, 4.69) is 39.6 Å². The van der Waals surface area contributed by atoms with Gasteiger partial charge in [0.1, 0.15) is 17.4 Å². The maximum atomic E-state index is 5.99. The molecular weight excluding hydrogens is 326 g/mol. The van der Waals surface area contributed by atoms with Crippen molar-refractivity contribution in [3.8, 4) is 5.75 Å². The molecule has 0 saturated carbocycles. The van der Waals surface area contributed by atoms with Crippen LogP contribution in [-0.4, -0.2) is 29.7 Å². The van der Waals surface area contributed by atoms with E-state index in [1.54, 1.807) is 7.11 Å². The highest BCUT2D eigenvalue weighted by Gasteiger charge is 2.24. The molecular formula is C21H23N3O2. The number of hydrogen-bond acceptors (Lipinski definition) is 5. The van der Waals surface area contributed by atoms with Crippen LogP contribution in [0.1, 0.15) is 30.3 Å². The number of aromatic nitrogens is 2. The van der Waals surface area contributed by atoms with Crippen LogP contribution in [0.4, 0.5) is 5.82 Å². The molecule has 0 spiro atoms. The Morgan fingerprint density at radius 3 is 2.77 bits per heavy atom. The molecule has 5 heteroatoms. The van der Waals surface area contributed by atoms with Gasteiger partial charge in [-0.2, -0.15) is 0 Å². The van der Waals surface area contributed by atoms with E-state index >= 15 is 0 Å². The number of anilines is 1. The van der Waals surface area contributed by atoms with Crippen LogP contribution in [-0.2, 0) is 4.74 Å². The Hall–Kier alpha value is -2.66. The van der Waals surface area contributed by atoms with E-state index in [9.17, 15) is 0 Å². The number of nitrogens with one attached hydrogen (secondary N) is 1. The third-order valence-corrected chi connectivity index (χ3v) is 4.81. The molecule has 1 aliphatic rings. The van der Waals surface area contributed by atoms with E-state index in [0.29, 0.717) is 6.04 Å². The average Bonchev–Trinajstić information content (AvgIpc) is 2.68. The fraction of sp³-hybridized carbons (Fsp3) is 0.333. The van der Waals surface area contributed by atoms with E-state index in [-0.39, 0.29) is 6.10 Å². The van der Waals surface area contributed by atoms with Crippen molar-refractivity contribution in [3.05, 3.63) is 59.9 Å². The minimum absolute atomic E-state index is 0.117. The molecule has 2 aromatic carbocycles. The number of hydrogen-bond donors (Lipinski definition) is 1. The van der Waals surface area contributed by atoms with Gasteiger partial charge < -0.3 is 14.8 Å². The highest BCUT2D eigenvalue weighted by Crippen LogP contribution is 2.31. The van der Waals surface area contributed by atoms with Gasteiger partial charge in [-0.25, -0.2) is 9.97 Å². The summed E-state index contributed by atoms with van der Waals surface area (Å²) in [5.74, 6) is 2.43. The van der Waals surface area contributed by atoms with Crippen molar-refractivity contribution in [3.63, 3.8) is 0 Å². The van der Waals surface area contributed by atoms with E-state index in [0.717, 1.165) is 47.7 Å². The number of ether oxygens (including phenoxy) is 2. The highest BCUT2D eigenvalue weighted by molar-refractivity contribution is 5.90. The largest absolute Gasteiger partial charge is 0.497 e. The van der Waals surface area contributed by atoms with Crippen LogP contribution in [0.2, 0.25) is 0 Å². The van der Waals surface area contributed by atoms with E-state index in [1.807, 2.05) is 31.2 Å². The Labute approximate surface area is 153 Å². The van der Waals surface area contributed by atoms with Gasteiger partial charge in [0.25, 0.3) is 0 Å². The van der Waals surface area contributed by atoms with Gasteiger partial charge in [0.15, 0.2) is 0 Å². The van der Waals surface area contributed by atoms with E-state index < -0.39 is 0 Å². The van der Waals surface area contributed by atoms with Crippen LogP contribution in [0, 0.1) is 6.92 Å². The van der Waals surface area contributed by atoms with Gasteiger partial charge in [0, 0.05) is 18.0 Å². The minimum Gasteiger partial charge on any atom is -0.497 e. The first kappa shape index (κ1) is 16.8. The van der Waals surface area contributed by atoms with Crippen LogP contribution >= 0.6 is 0 Å². The predicted molar refractivity (Wildman–Crippen MR) is 103 cm³/mol. The number of fused-ring (bicyclic) bond motifs is 1. The summed E-state index contributed by atoms with van der Waals surface area (Å²) in [6.07, 6.45) is 1.99. The summed E-state index contributed by atoms with van der Waals surface area (Å²) in [5, 5.41) is 4.61. The molecule has 26 heavy (non-hydrogen) atoms. The molecule has 1 saturated heterocycles. The topological polar surface area (TPSA) is 56.3 Å². The summed E-state index contributed by atoms with van der Waals surface area (Å²) >= 11 is 0. The van der Waals surface area contributed by atoms with E-state index in [1.165, 1.54) is 5.56 Å². The number of methoxy groups -OCH3 is 1. The molecule has 2 unspecified atom stereocenters. The van der Waals surface area contributed by atoms with Crippen molar-refractivity contribution in [2.24, 2.45) is 0 Å². The zero-order valence-electron chi connectivity index (χ0n) is 15.1. The second kappa shape index (κ2) is 7.30. The first-order valence-electron chi connectivity index (χ1n) is 8.98. The maximum Gasteiger partial charge on any atom is 0.137 e. The molecule has 2 heterocycles. The Bertz CT molecular complexity index is 898. The number of benzene rings is 2. The third kappa shape index (κ3) is 3.48. The van der Waals surface area contributed by atoms with Crippen molar-refractivity contribution in [1.82, 2.24) is 9.97 Å². The lowest BCUT2D eigenvalue weighted by atomic mass is 9.97. The van der Waals surface area contributed by atoms with Crippen molar-refractivity contribution in [2.75, 3.05) is 19.0 Å². The zero-order valence-corrected chi connectivity index (χ0v) is 15.1. The lowest BCUT2D eigenvalue weighted by molar-refractivity contribution is 0.00976. The predicted octanol–water partition coefficient (Wildman–Crippen LogP) is 4.28. The van der Waals surface area contributed by atoms with Crippen molar-refractivity contribution in [2.45, 2.75) is 31.9 Å². The molecule has 0 bridgehead atoms. The van der Waals surface area contributed by atoms with Crippen LogP contribution in [0.25, 0.3) is 10.9 Å². The van der Waals surface area contributed by atoms with Crippen LogP contribution in [0.15, 0.2) is 48.5 Å². The summed E-state index contributed by atoms with van der Waals surface area (Å²) in [7, 11) is 1.67. The average molecular weight is 349 g/mol. The summed E-state index contributed by atoms with van der Waals surface area (Å²) in [6, 6.07) is 16.6. The molecule has 1 N–H and O–H groups in total. The summed E-state index contributed by atoms with van der Waals surface area (Å²) in [6.45, 7) is 2.66. The molecule has 1 aliphatic heterocycles. The second-order valence-electron chi connectivity index (χ2n) is 6.64. The van der Waals surface area contributed by atoms with Crippen LogP contribution in [0.3, 0.4) is 0 Å². The van der Waals surface area contributed by atoms with Crippen LogP contribution in [0.5, 0.6) is 5.75 Å². The second-order valence-corrected chi connectivity index (χ2v) is 6.64. The summed E-state index contributed by atoms with van der Waals surface area (Å²) in [5.41, 5.74) is 2.15. The van der Waals surface area contributed by atoms with Gasteiger partial charge in [0.05, 0.1) is 18.7 Å². The van der Waals surface area contributed by atoms with Crippen molar-refractivity contribution in [1.29, 1.82) is 0 Å². The first-order chi connectivity index (χ1) is 12.7. The molecule has 1 aromatic heterocycles. The van der Waals surface area contributed by atoms with Crippen LogP contribution < -0.4 is 10.1 Å². The normalized spacial score (nSPS) is 20.1. The van der Waals surface area contributed by atoms with Gasteiger partial charge in [-0.05, 0) is 43.5 Å². The monoisotopic (exact) mass is 349 g/mol. The van der Waals surface area contributed by atoms with Crippen molar-refractivity contribution < 1.29 is 9.47 Å². The van der Waals surface area contributed by atoms with Gasteiger partial charge in [-0.3, -0.25) is 0 Å². The van der Waals surface area contributed by atoms with Crippen molar-refractivity contribution >= 4 is 16.7 Å². The Morgan fingerprint density at radius 1 is 1.12 bits per heavy atom. The number of rotatable bonds is 4. The van der Waals surface area contributed by atoms with E-state index in [4.69, 9.17) is 9.47 Å². The lowest BCUT2D eigenvalue weighted by Gasteiger charge is -2.31. The quantitative estimate of drug-likeness (QED) is 0.762. The molecule has 134 valence electrons. The summed E-state index contributed by atoms with van der Waals surface area (Å²) < 4.78 is 11.4. The maximum absolute atomic E-state index is 5.99. The smallest absolute Gasteiger partial charge is 0.137 e. The number of aryl methyl sites for hydroxylation is 1. The Balaban J connectivity index is 1.60. The molecule has 0 radical (unpaired) electrons. The zero-order chi connectivity index (χ0) is 17.9. The molecule has 1 fully saturated rings. The molecule has 2 atom stereocenters. The minimum atomic E-state index is 0.117. The highest BCUT2D eigenvalue weighted by atomic mass is 16.5. The van der Waals surface area contributed by atoms with Gasteiger partial charge in [0.2, 0.25) is 0 Å². The molecule has 5 nitrogen and oxygen atoms in total. The Morgan fingerprint density at radius 2 is 1.96 bits per heavy atom. The molecule has 3 aromatic rings. The lowest BCUT2D eigenvalue weighted by Crippen LogP contribution is -2.30. The SMILES string of the molecule is COc1ccc2nc(C)nc(NC3CCOC(c4ccccc4)C3)c2c1. The van der Waals surface area contributed by atoms with Gasteiger partial charge in [-0.1, -0.05) is 30.3 Å². The fourth-order valence-corrected chi connectivity index (χ4v) is 3.48. The Kier molecular flexibility index (Phi) is 4.71. The van der Waals surface area contributed by atoms with Gasteiger partial charge >= 0.3 is 0 Å². The molecule has 0 amide bonds. The number of nitrogens with zero attached hydrogens (tertiary/aromatic N) is 2. The first-order valence-corrected chi connectivity index (χ1v) is 8.98. The fourth-order valence-electron chi connectivity index (χ4n) is 3.48. The summed E-state index contributed by atoms with van der Waals surface area (Å²) in [4.78, 5) is 9.19. The standard InChI is InChI=1S/C21H23N3O2/c1-14-22-19-9-8-17(25-2)13-18(19)21(23-14)24-16-10-11-26-20(12-16)15-6-4-3-5-7-15/h3-9,13,16,20H,10-12H2,1-2H3,(H,22,23,24).